The molecule has 1 amide bonds. The van der Waals surface area contributed by atoms with E-state index in [1.165, 1.54) is 0 Å². The van der Waals surface area contributed by atoms with Gasteiger partial charge in [-0.2, -0.15) is 5.26 Å². The predicted molar refractivity (Wildman–Crippen MR) is 82.5 cm³/mol. The van der Waals surface area contributed by atoms with Crippen molar-refractivity contribution in [2.75, 3.05) is 31.1 Å². The number of carbonyl (C=O) groups excluding carboxylic acids is 1. The van der Waals surface area contributed by atoms with Crippen LogP contribution >= 0.6 is 0 Å². The molecule has 0 aromatic carbocycles. The highest BCUT2D eigenvalue weighted by Crippen LogP contribution is 2.41. The van der Waals surface area contributed by atoms with Gasteiger partial charge in [0.05, 0.1) is 0 Å². The summed E-state index contributed by atoms with van der Waals surface area (Å²) in [6.07, 6.45) is 2.15. The Bertz CT molecular complexity index is 806. The first-order valence-corrected chi connectivity index (χ1v) is 8.04. The zero-order valence-corrected chi connectivity index (χ0v) is 13.4. The van der Waals surface area contributed by atoms with Crippen molar-refractivity contribution in [2.45, 2.75) is 25.7 Å². The summed E-state index contributed by atoms with van der Waals surface area (Å²) < 4.78 is 10.8. The number of rotatable bonds is 3. The topological polar surface area (TPSA) is 99.4 Å². The average Bonchev–Trinajstić information content (AvgIpc) is 3.22. The van der Waals surface area contributed by atoms with Gasteiger partial charge in [-0.25, -0.2) is 4.98 Å². The lowest BCUT2D eigenvalue weighted by Gasteiger charge is -2.34. The fraction of sp³-hybridized carbons (Fsp3) is 0.500. The Balaban J connectivity index is 1.44. The van der Waals surface area contributed by atoms with Crippen LogP contribution in [-0.2, 0) is 0 Å². The van der Waals surface area contributed by atoms with Crippen LogP contribution in [0.25, 0.3) is 0 Å². The van der Waals surface area contributed by atoms with Crippen molar-refractivity contribution < 1.29 is 13.7 Å². The molecule has 1 saturated heterocycles. The summed E-state index contributed by atoms with van der Waals surface area (Å²) in [4.78, 5) is 20.4. The Kier molecular flexibility index (Phi) is 3.49. The van der Waals surface area contributed by atoms with Crippen molar-refractivity contribution in [1.29, 1.82) is 5.26 Å². The molecule has 0 N–H and O–H groups in total. The highest BCUT2D eigenvalue weighted by Gasteiger charge is 2.33. The number of piperazine rings is 1. The van der Waals surface area contributed by atoms with Crippen molar-refractivity contribution >= 4 is 11.8 Å². The minimum Gasteiger partial charge on any atom is -0.423 e. The highest BCUT2D eigenvalue weighted by molar-refractivity contribution is 5.92. The molecule has 0 bridgehead atoms. The summed E-state index contributed by atoms with van der Waals surface area (Å²) in [5, 5.41) is 13.0. The quantitative estimate of drug-likeness (QED) is 0.845. The van der Waals surface area contributed by atoms with Gasteiger partial charge in [-0.05, 0) is 19.8 Å². The first kappa shape index (κ1) is 14.8. The van der Waals surface area contributed by atoms with Gasteiger partial charge in [0.15, 0.2) is 5.69 Å². The van der Waals surface area contributed by atoms with Crippen LogP contribution < -0.4 is 4.90 Å². The maximum atomic E-state index is 12.4. The molecule has 4 rings (SSSR count). The molecule has 0 atom stereocenters. The van der Waals surface area contributed by atoms with E-state index >= 15 is 0 Å². The monoisotopic (exact) mass is 327 g/mol. The van der Waals surface area contributed by atoms with Gasteiger partial charge in [0.25, 0.3) is 5.91 Å². The summed E-state index contributed by atoms with van der Waals surface area (Å²) in [5.74, 6) is 2.04. The molecule has 2 aliphatic rings. The van der Waals surface area contributed by atoms with E-state index in [9.17, 15) is 10.1 Å². The van der Waals surface area contributed by atoms with Crippen LogP contribution in [0.1, 0.15) is 46.6 Å². The molecule has 3 heterocycles. The maximum Gasteiger partial charge on any atom is 0.276 e. The van der Waals surface area contributed by atoms with Gasteiger partial charge < -0.3 is 18.7 Å². The van der Waals surface area contributed by atoms with Gasteiger partial charge in [0.2, 0.25) is 17.5 Å². The van der Waals surface area contributed by atoms with Gasteiger partial charge in [0, 0.05) is 38.2 Å². The second kappa shape index (κ2) is 5.67. The molecule has 24 heavy (non-hydrogen) atoms. The van der Waals surface area contributed by atoms with Gasteiger partial charge in [-0.15, -0.1) is 0 Å². The van der Waals surface area contributed by atoms with Crippen molar-refractivity contribution in [1.82, 2.24) is 15.0 Å². The predicted octanol–water partition coefficient (Wildman–Crippen LogP) is 1.68. The van der Waals surface area contributed by atoms with Crippen molar-refractivity contribution in [3.8, 4) is 6.07 Å². The molecular weight excluding hydrogens is 310 g/mol. The minimum atomic E-state index is -0.136. The molecule has 2 fully saturated rings. The second-order valence-corrected chi connectivity index (χ2v) is 6.19. The summed E-state index contributed by atoms with van der Waals surface area (Å²) in [7, 11) is 0. The van der Waals surface area contributed by atoms with E-state index < -0.39 is 0 Å². The van der Waals surface area contributed by atoms with E-state index in [0.29, 0.717) is 61.0 Å². The van der Waals surface area contributed by atoms with Gasteiger partial charge in [0.1, 0.15) is 11.8 Å². The van der Waals surface area contributed by atoms with Gasteiger partial charge in [-0.1, -0.05) is 5.16 Å². The molecule has 124 valence electrons. The van der Waals surface area contributed by atoms with Crippen LogP contribution in [0, 0.1) is 18.3 Å². The molecule has 8 nitrogen and oxygen atoms in total. The van der Waals surface area contributed by atoms with Crippen LogP contribution in [0.4, 0.5) is 5.88 Å². The third kappa shape index (κ3) is 2.62. The Morgan fingerprint density at radius 2 is 2.08 bits per heavy atom. The van der Waals surface area contributed by atoms with E-state index in [1.807, 2.05) is 4.90 Å². The van der Waals surface area contributed by atoms with Crippen LogP contribution in [0.2, 0.25) is 0 Å². The fourth-order valence-corrected chi connectivity index (χ4v) is 2.86. The zero-order valence-electron chi connectivity index (χ0n) is 13.4. The molecular formula is C16H17N5O3. The smallest absolute Gasteiger partial charge is 0.276 e. The lowest BCUT2D eigenvalue weighted by atomic mass is 10.2. The molecule has 1 saturated carbocycles. The van der Waals surface area contributed by atoms with Crippen LogP contribution in [0.3, 0.4) is 0 Å². The number of aryl methyl sites for hydroxylation is 1. The van der Waals surface area contributed by atoms with E-state index in [-0.39, 0.29) is 5.91 Å². The number of nitrogens with zero attached hydrogens (tertiary/aromatic N) is 5. The first-order valence-electron chi connectivity index (χ1n) is 8.04. The summed E-state index contributed by atoms with van der Waals surface area (Å²) in [5.41, 5.74) is 0.665. The SMILES string of the molecule is Cc1cc(C(=O)N2CCN(c3oc(C4CC4)nc3C#N)CC2)no1. The number of nitriles is 1. The first-order chi connectivity index (χ1) is 11.7. The van der Waals surface area contributed by atoms with E-state index in [2.05, 4.69) is 16.2 Å². The number of anilines is 1. The van der Waals surface area contributed by atoms with E-state index in [0.717, 1.165) is 12.8 Å². The summed E-state index contributed by atoms with van der Waals surface area (Å²) in [6, 6.07) is 3.75. The van der Waals surface area contributed by atoms with Crippen LogP contribution in [0.5, 0.6) is 0 Å². The normalized spacial score (nSPS) is 17.8. The van der Waals surface area contributed by atoms with E-state index in [4.69, 9.17) is 8.94 Å². The Hall–Kier alpha value is -2.82. The second-order valence-electron chi connectivity index (χ2n) is 6.19. The molecule has 0 unspecified atom stereocenters. The van der Waals surface area contributed by atoms with Crippen molar-refractivity contribution in [3.63, 3.8) is 0 Å². The number of aromatic nitrogens is 2. The number of hydrogen-bond acceptors (Lipinski definition) is 7. The molecule has 0 radical (unpaired) electrons. The summed E-state index contributed by atoms with van der Waals surface area (Å²) >= 11 is 0. The number of amides is 1. The third-order valence-electron chi connectivity index (χ3n) is 4.36. The Morgan fingerprint density at radius 3 is 2.67 bits per heavy atom. The molecule has 8 heteroatoms. The van der Waals surface area contributed by atoms with Crippen molar-refractivity contribution in [2.24, 2.45) is 0 Å². The Labute approximate surface area is 138 Å². The number of oxazole rings is 1. The third-order valence-corrected chi connectivity index (χ3v) is 4.36. The van der Waals surface area contributed by atoms with Crippen LogP contribution in [0.15, 0.2) is 15.0 Å². The van der Waals surface area contributed by atoms with Crippen LogP contribution in [-0.4, -0.2) is 47.1 Å². The molecule has 1 aliphatic carbocycles. The highest BCUT2D eigenvalue weighted by atomic mass is 16.5. The average molecular weight is 327 g/mol. The minimum absolute atomic E-state index is 0.136. The zero-order chi connectivity index (χ0) is 16.7. The molecule has 2 aromatic heterocycles. The summed E-state index contributed by atoms with van der Waals surface area (Å²) in [6.45, 7) is 4.02. The maximum absolute atomic E-state index is 12.4. The molecule has 2 aromatic rings. The largest absolute Gasteiger partial charge is 0.423 e. The number of hydrogen-bond donors (Lipinski definition) is 0. The van der Waals surface area contributed by atoms with Gasteiger partial charge >= 0.3 is 0 Å². The van der Waals surface area contributed by atoms with Crippen molar-refractivity contribution in [3.05, 3.63) is 29.1 Å². The number of carbonyl (C=O) groups is 1. The lowest BCUT2D eigenvalue weighted by molar-refractivity contribution is 0.0734. The van der Waals surface area contributed by atoms with E-state index in [1.54, 1.807) is 17.9 Å². The Morgan fingerprint density at radius 1 is 1.33 bits per heavy atom. The van der Waals surface area contributed by atoms with Gasteiger partial charge in [-0.3, -0.25) is 4.79 Å². The molecule has 1 aliphatic heterocycles. The standard InChI is InChI=1S/C16H17N5O3/c1-10-8-12(19-24-10)15(22)20-4-6-21(7-5-20)16-13(9-17)18-14(23-16)11-2-3-11/h8,11H,2-7H2,1H3. The fourth-order valence-electron chi connectivity index (χ4n) is 2.86. The lowest BCUT2D eigenvalue weighted by Crippen LogP contribution is -2.49. The molecule has 0 spiro atoms.